The number of carbonyl (C=O) groups is 8. The topological polar surface area (TPSA) is 358 Å². The summed E-state index contributed by atoms with van der Waals surface area (Å²) in [7, 11) is 0. The number of hydrogen-bond donors (Lipinski definition) is 7. The Morgan fingerprint density at radius 3 is 1.17 bits per heavy atom. The minimum absolute atomic E-state index is 0.0300. The van der Waals surface area contributed by atoms with E-state index in [4.69, 9.17) is 47.9 Å². The molecule has 616 valence electrons. The van der Waals surface area contributed by atoms with E-state index in [9.17, 15) is 53.7 Å². The number of ether oxygens (including phenoxy) is 3. The van der Waals surface area contributed by atoms with E-state index in [1.807, 2.05) is 122 Å². The fourth-order valence-corrected chi connectivity index (χ4v) is 14.5. The lowest BCUT2D eigenvalue weighted by molar-refractivity contribution is -0.137. The minimum atomic E-state index is -1.12. The Morgan fingerprint density at radius 2 is 0.800 bits per heavy atom. The number of benzene rings is 5. The van der Waals surface area contributed by atoms with Crippen molar-refractivity contribution in [1.29, 1.82) is 0 Å². The second kappa shape index (κ2) is 43.3. The number of amides is 4. The molecule has 4 aliphatic rings. The van der Waals surface area contributed by atoms with Crippen LogP contribution >= 0.6 is 0 Å². The summed E-state index contributed by atoms with van der Waals surface area (Å²) >= 11 is 0. The molecule has 5 aromatic carbocycles. The van der Waals surface area contributed by atoms with Crippen LogP contribution in [0.5, 0.6) is 0 Å². The third-order valence-electron chi connectivity index (χ3n) is 20.9. The lowest BCUT2D eigenvalue weighted by atomic mass is 9.87. The van der Waals surface area contributed by atoms with Crippen molar-refractivity contribution in [2.75, 3.05) is 39.4 Å². The average Bonchev–Trinajstić information content (AvgIpc) is 1.67. The van der Waals surface area contributed by atoms with E-state index < -0.39 is 42.2 Å². The maximum absolute atomic E-state index is 12.5. The largest absolute Gasteiger partial charge is 0.481 e. The third-order valence-corrected chi connectivity index (χ3v) is 20.9. The van der Waals surface area contributed by atoms with Gasteiger partial charge in [-0.05, 0) is 169 Å². The first-order valence-electron chi connectivity index (χ1n) is 39.8. The lowest BCUT2D eigenvalue weighted by Crippen LogP contribution is -2.36. The van der Waals surface area contributed by atoms with Crippen LogP contribution in [0.25, 0.3) is 0 Å². The molecule has 7 heterocycles. The van der Waals surface area contributed by atoms with Crippen LogP contribution in [0.4, 0.5) is 22.7 Å². The van der Waals surface area contributed by atoms with Gasteiger partial charge in [0, 0.05) is 67.3 Å². The molecular formula is C90H110N4O21. The molecule has 7 atom stereocenters. The van der Waals surface area contributed by atoms with Crippen molar-refractivity contribution in [1.82, 2.24) is 0 Å². The summed E-state index contributed by atoms with van der Waals surface area (Å²) in [5, 5.41) is 66.4. The van der Waals surface area contributed by atoms with Crippen molar-refractivity contribution in [3.8, 4) is 0 Å². The van der Waals surface area contributed by atoms with Crippen LogP contribution in [-0.4, -0.2) is 127 Å². The smallest absolute Gasteiger partial charge is 0.371 e. The number of unbranched alkanes of at least 4 members (excludes halogenated alkanes) is 5. The van der Waals surface area contributed by atoms with Crippen LogP contribution in [0, 0.1) is 5.92 Å². The Morgan fingerprint density at radius 1 is 0.435 bits per heavy atom. The van der Waals surface area contributed by atoms with Gasteiger partial charge in [0.05, 0.1) is 56.3 Å². The van der Waals surface area contributed by atoms with E-state index in [1.165, 1.54) is 23.8 Å². The molecule has 12 rings (SSSR count). The van der Waals surface area contributed by atoms with Crippen LogP contribution in [-0.2, 0) is 69.8 Å². The number of hydrogen-bond acceptors (Lipinski definition) is 17. The highest BCUT2D eigenvalue weighted by Crippen LogP contribution is 2.36. The molecule has 0 bridgehead atoms. The summed E-state index contributed by atoms with van der Waals surface area (Å²) in [6, 6.07) is 49.4. The van der Waals surface area contributed by atoms with Crippen LogP contribution < -0.4 is 19.6 Å². The van der Waals surface area contributed by atoms with Gasteiger partial charge in [-0.2, -0.15) is 0 Å². The summed E-state index contributed by atoms with van der Waals surface area (Å²) in [6.45, 7) is 14.0. The highest BCUT2D eigenvalue weighted by Gasteiger charge is 2.37. The van der Waals surface area contributed by atoms with Gasteiger partial charge in [-0.15, -0.1) is 0 Å². The number of aromatic carboxylic acids is 3. The number of nitrogens with zero attached hydrogens (tertiary/aromatic N) is 4. The molecule has 4 aliphatic heterocycles. The van der Waals surface area contributed by atoms with Gasteiger partial charge < -0.3 is 82.8 Å². The van der Waals surface area contributed by atoms with Gasteiger partial charge in [-0.1, -0.05) is 159 Å². The van der Waals surface area contributed by atoms with Crippen molar-refractivity contribution < 1.29 is 102 Å². The third kappa shape index (κ3) is 26.0. The zero-order valence-electron chi connectivity index (χ0n) is 66.5. The number of anilines is 4. The fourth-order valence-electron chi connectivity index (χ4n) is 14.5. The molecule has 0 aliphatic carbocycles. The van der Waals surface area contributed by atoms with Gasteiger partial charge >= 0.3 is 23.9 Å². The van der Waals surface area contributed by atoms with Gasteiger partial charge in [0.15, 0.2) is 0 Å². The Bertz CT molecular complexity index is 4430. The molecular weight excluding hydrogens is 1470 g/mol. The first-order valence-corrected chi connectivity index (χ1v) is 39.8. The normalized spacial score (nSPS) is 17.6. The number of furan rings is 3. The van der Waals surface area contributed by atoms with Gasteiger partial charge in [0.25, 0.3) is 0 Å². The fraction of sp³-hybridized carbons (Fsp3) is 0.444. The maximum atomic E-state index is 12.5. The van der Waals surface area contributed by atoms with Crippen LogP contribution in [0.15, 0.2) is 177 Å². The first kappa shape index (κ1) is 88.4. The Labute approximate surface area is 671 Å². The molecule has 0 saturated carbocycles. The summed E-state index contributed by atoms with van der Waals surface area (Å²) in [5.41, 5.74) is 8.28. The van der Waals surface area contributed by atoms with E-state index in [2.05, 4.69) is 52.0 Å². The summed E-state index contributed by atoms with van der Waals surface area (Å²) < 4.78 is 32.6. The maximum Gasteiger partial charge on any atom is 0.371 e. The number of aliphatic carboxylic acids is 1. The molecule has 0 radical (unpaired) electrons. The van der Waals surface area contributed by atoms with Crippen molar-refractivity contribution in [3.05, 3.63) is 226 Å². The second-order valence-corrected chi connectivity index (χ2v) is 30.9. The predicted molar refractivity (Wildman–Crippen MR) is 432 cm³/mol. The molecule has 7 N–H and O–H groups in total. The van der Waals surface area contributed by atoms with E-state index in [-0.39, 0.29) is 103 Å². The predicted octanol–water partition coefficient (Wildman–Crippen LogP) is 16.6. The van der Waals surface area contributed by atoms with Gasteiger partial charge in [-0.3, -0.25) is 24.0 Å². The van der Waals surface area contributed by atoms with Gasteiger partial charge in [0.1, 0.15) is 37.1 Å². The number of aliphatic hydroxyl groups is 3. The summed E-state index contributed by atoms with van der Waals surface area (Å²) in [5.74, 6) is -2.71. The number of carboxylic acids is 4. The first-order chi connectivity index (χ1) is 55.1. The number of aliphatic hydroxyl groups excluding tert-OH is 3. The van der Waals surface area contributed by atoms with E-state index in [1.54, 1.807) is 32.9 Å². The standard InChI is InChI=1S/C25H25NO6.C23H29NO6.C21H25NO6.C21H31NO3/c27-22(14-17-4-2-1-3-5-17)18-6-8-19(9-7-18)26-20(10-13-24(26)28)15-31-16-21-11-12-23(32-21)25(29)30;1-2-3-4-5-20(25)16-6-8-17(9-7-16)24-18(10-13-22(24)26)14-29-15-19-11-12-21(30-19)23(27)28;1-13(2)20(24)14-3-5-15(6-4-14)22-16(7-10-19(22)23)11-27-12-17-8-9-18(28-17)21(25)26;1-21(2,3)16-10-12-18(13-11-16)22-17(14-15-19(22)23)8-6-4-5-7-9-20(24)25/h1-9,11-12,20,22,27H,10,13-16H2,(H,29,30);6-9,11-12,18,20,25H,2-5,10,13-15H2,1H3,(H,27,28);3-6,8-9,13,16,20,24H,7,10-12H2,1-2H3,(H,25,26);10-13,17H,4-9,14-15H2,1-3H3,(H,24,25)/t20-,22?;18-,20?;16-,20?;17-/m0001/s1. The molecule has 4 amide bonds. The zero-order chi connectivity index (χ0) is 82.7. The summed E-state index contributed by atoms with van der Waals surface area (Å²) in [6.07, 6.45) is 12.8. The number of carbonyl (C=O) groups excluding carboxylic acids is 4. The van der Waals surface area contributed by atoms with Crippen LogP contribution in [0.3, 0.4) is 0 Å². The molecule has 115 heavy (non-hydrogen) atoms. The minimum Gasteiger partial charge on any atom is -0.481 e. The van der Waals surface area contributed by atoms with Crippen molar-refractivity contribution in [2.24, 2.45) is 5.92 Å². The second-order valence-electron chi connectivity index (χ2n) is 30.9. The Kier molecular flexibility index (Phi) is 33.3. The highest BCUT2D eigenvalue weighted by atomic mass is 16.5. The molecule has 0 spiro atoms. The van der Waals surface area contributed by atoms with Gasteiger partial charge in [-0.25, -0.2) is 14.4 Å². The lowest BCUT2D eigenvalue weighted by Gasteiger charge is -2.26. The summed E-state index contributed by atoms with van der Waals surface area (Å²) in [4.78, 5) is 99.9. The Balaban J connectivity index is 0.000000176. The van der Waals surface area contributed by atoms with E-state index in [0.29, 0.717) is 88.5 Å². The van der Waals surface area contributed by atoms with Crippen molar-refractivity contribution in [2.45, 2.75) is 231 Å². The molecule has 4 fully saturated rings. The average molecular weight is 1580 g/mol. The molecule has 3 aromatic heterocycles. The molecule has 3 unspecified atom stereocenters. The molecule has 25 nitrogen and oxygen atoms in total. The quantitative estimate of drug-likeness (QED) is 0.0179. The van der Waals surface area contributed by atoms with Crippen molar-refractivity contribution in [3.63, 3.8) is 0 Å². The van der Waals surface area contributed by atoms with Crippen molar-refractivity contribution >= 4 is 70.3 Å². The Hall–Kier alpha value is -10.5. The van der Waals surface area contributed by atoms with Crippen LogP contribution in [0.2, 0.25) is 0 Å². The monoisotopic (exact) mass is 1580 g/mol. The van der Waals surface area contributed by atoms with E-state index in [0.717, 1.165) is 109 Å². The molecule has 8 aromatic rings. The molecule has 25 heteroatoms. The zero-order valence-corrected chi connectivity index (χ0v) is 66.5. The molecule has 4 saturated heterocycles. The van der Waals surface area contributed by atoms with Gasteiger partial charge in [0.2, 0.25) is 40.9 Å². The van der Waals surface area contributed by atoms with E-state index >= 15 is 0 Å². The SMILES string of the molecule is CC(C)(C)c1ccc(N2C(=O)CC[C@H]2CCCCCCC(=O)O)cc1.CC(C)C(O)c1ccc(N2C(=O)CC[C@H]2COCc2ccc(C(=O)O)o2)cc1.CCCCCC(O)c1ccc(N2C(=O)CC[C@H]2COCc2ccc(C(=O)O)o2)cc1.O=C(O)c1ccc(COC[C@@H]2CCC(=O)N2c2ccc(C(O)Cc3ccccc3)cc2)o1. The number of carboxylic acid groups (broad SMARTS) is 4. The highest BCUT2D eigenvalue weighted by molar-refractivity contribution is 5.98. The number of rotatable bonds is 36. The van der Waals surface area contributed by atoms with Crippen LogP contribution in [0.1, 0.15) is 252 Å².